The molecule has 8 heteroatoms. The fraction of sp³-hybridized carbons (Fsp3) is 0.278. The van der Waals surface area contributed by atoms with Gasteiger partial charge in [0.15, 0.2) is 12.5 Å². The normalized spacial score (nSPS) is 18.9. The van der Waals surface area contributed by atoms with Gasteiger partial charge in [0.25, 0.3) is 5.91 Å². The zero-order chi connectivity index (χ0) is 30.5. The number of aldehydes is 1. The van der Waals surface area contributed by atoms with Gasteiger partial charge in [0.1, 0.15) is 6.10 Å². The summed E-state index contributed by atoms with van der Waals surface area (Å²) in [6, 6.07) is 25.6. The summed E-state index contributed by atoms with van der Waals surface area (Å²) in [5.41, 5.74) is 6.27. The summed E-state index contributed by atoms with van der Waals surface area (Å²) in [6.45, 7) is 0.984. The smallest absolute Gasteiger partial charge is 0.253 e. The van der Waals surface area contributed by atoms with E-state index < -0.39 is 12.3 Å². The fourth-order valence-electron chi connectivity index (χ4n) is 7.39. The van der Waals surface area contributed by atoms with E-state index in [1.54, 1.807) is 12.0 Å². The number of aryl methyl sites for hydroxylation is 1. The zero-order valence-electron chi connectivity index (χ0n) is 25.4. The molecule has 8 nitrogen and oxygen atoms in total. The average Bonchev–Trinajstić information content (AvgIpc) is 3.56. The highest BCUT2D eigenvalue weighted by Crippen LogP contribution is 2.45. The molecule has 0 bridgehead atoms. The third-order valence-electron chi connectivity index (χ3n) is 9.34. The molecule has 0 radical (unpaired) electrons. The van der Waals surface area contributed by atoms with Crippen LogP contribution in [0.15, 0.2) is 78.9 Å². The number of likely N-dealkylation sites (N-methyl/N-ethyl adjacent to an activating group) is 1. The van der Waals surface area contributed by atoms with Crippen molar-refractivity contribution in [2.45, 2.75) is 31.3 Å². The molecule has 4 aromatic carbocycles. The molecule has 6 aromatic rings. The molecule has 1 N–H and O–H groups in total. The van der Waals surface area contributed by atoms with Gasteiger partial charge in [0.2, 0.25) is 0 Å². The van der Waals surface area contributed by atoms with E-state index in [2.05, 4.69) is 45.8 Å². The summed E-state index contributed by atoms with van der Waals surface area (Å²) >= 11 is 0. The van der Waals surface area contributed by atoms with Gasteiger partial charge in [0.05, 0.1) is 29.2 Å². The number of para-hydroxylation sites is 2. The molecule has 44 heavy (non-hydrogen) atoms. The second-order valence-electron chi connectivity index (χ2n) is 11.6. The second-order valence-corrected chi connectivity index (χ2v) is 11.6. The van der Waals surface area contributed by atoms with E-state index in [4.69, 9.17) is 9.47 Å². The van der Waals surface area contributed by atoms with Crippen LogP contribution in [0, 0.1) is 0 Å². The molecule has 7 rings (SSSR count). The molecule has 1 aliphatic rings. The van der Waals surface area contributed by atoms with Crippen LogP contribution in [0.5, 0.6) is 0 Å². The Bertz CT molecular complexity index is 2040. The van der Waals surface area contributed by atoms with Crippen molar-refractivity contribution in [1.82, 2.24) is 19.4 Å². The molecular formula is C36H36N4O4. The maximum absolute atomic E-state index is 13.6. The number of fused-ring (bicyclic) bond motifs is 7. The quantitative estimate of drug-likeness (QED) is 0.230. The first-order valence-corrected chi connectivity index (χ1v) is 15.0. The number of nitrogens with zero attached hydrogens (tertiary/aromatic N) is 3. The summed E-state index contributed by atoms with van der Waals surface area (Å²) in [7, 11) is 7.51. The SMILES string of the molecule is CNCc1c(C=O)c2c3ccccc3n(C)c2c2c1c1ccccc1n2C1OCCC(N(C)C(=O)c2ccccc2)C1OC. The van der Waals surface area contributed by atoms with Crippen molar-refractivity contribution < 1.29 is 19.1 Å². The summed E-state index contributed by atoms with van der Waals surface area (Å²) in [5, 5.41) is 7.33. The molecule has 3 atom stereocenters. The number of hydrogen-bond donors (Lipinski definition) is 1. The van der Waals surface area contributed by atoms with E-state index in [1.807, 2.05) is 68.7 Å². The van der Waals surface area contributed by atoms with Gasteiger partial charge in [-0.15, -0.1) is 0 Å². The van der Waals surface area contributed by atoms with Crippen molar-refractivity contribution in [2.75, 3.05) is 27.8 Å². The Kier molecular flexibility index (Phi) is 7.20. The predicted octanol–water partition coefficient (Wildman–Crippen LogP) is 6.05. The largest absolute Gasteiger partial charge is 0.375 e. The van der Waals surface area contributed by atoms with E-state index in [9.17, 15) is 9.59 Å². The molecule has 1 fully saturated rings. The molecule has 2 aromatic heterocycles. The predicted molar refractivity (Wildman–Crippen MR) is 174 cm³/mol. The average molecular weight is 589 g/mol. The van der Waals surface area contributed by atoms with Crippen LogP contribution < -0.4 is 5.32 Å². The minimum Gasteiger partial charge on any atom is -0.375 e. The van der Waals surface area contributed by atoms with Gasteiger partial charge in [-0.05, 0) is 43.3 Å². The van der Waals surface area contributed by atoms with Crippen LogP contribution in [-0.2, 0) is 23.1 Å². The summed E-state index contributed by atoms with van der Waals surface area (Å²) < 4.78 is 17.3. The van der Waals surface area contributed by atoms with Crippen LogP contribution in [0.3, 0.4) is 0 Å². The van der Waals surface area contributed by atoms with Gasteiger partial charge in [-0.25, -0.2) is 0 Å². The number of benzene rings is 4. The number of amides is 1. The lowest BCUT2D eigenvalue weighted by atomic mass is 9.95. The van der Waals surface area contributed by atoms with Gasteiger partial charge in [-0.2, -0.15) is 0 Å². The van der Waals surface area contributed by atoms with Crippen LogP contribution in [0.4, 0.5) is 0 Å². The topological polar surface area (TPSA) is 77.7 Å². The number of aromatic nitrogens is 2. The maximum Gasteiger partial charge on any atom is 0.253 e. The number of carbonyl (C=O) groups is 2. The van der Waals surface area contributed by atoms with Crippen LogP contribution in [-0.4, -0.2) is 66.2 Å². The lowest BCUT2D eigenvalue weighted by molar-refractivity contribution is -0.152. The minimum absolute atomic E-state index is 0.0523. The summed E-state index contributed by atoms with van der Waals surface area (Å²) in [6.07, 6.45) is 0.661. The van der Waals surface area contributed by atoms with Crippen molar-refractivity contribution in [3.8, 4) is 0 Å². The minimum atomic E-state index is -0.530. The van der Waals surface area contributed by atoms with E-state index >= 15 is 0 Å². The van der Waals surface area contributed by atoms with E-state index in [-0.39, 0.29) is 11.9 Å². The molecule has 3 heterocycles. The van der Waals surface area contributed by atoms with Crippen molar-refractivity contribution in [3.05, 3.63) is 95.6 Å². The Balaban J connectivity index is 1.54. The molecular weight excluding hydrogens is 552 g/mol. The first kappa shape index (κ1) is 28.3. The first-order chi connectivity index (χ1) is 21.5. The molecule has 0 aliphatic carbocycles. The van der Waals surface area contributed by atoms with Gasteiger partial charge in [-0.3, -0.25) is 9.59 Å². The number of ether oxygens (including phenoxy) is 2. The molecule has 0 spiro atoms. The standard InChI is InChI=1S/C36H36N4O4/c1-37-20-25-26(21-41)31-23-14-8-10-16-27(23)38(2)32(31)33-30(25)24-15-9-11-17-28(24)40(33)36-34(43-4)29(18-19-44-36)39(3)35(42)22-12-6-5-7-13-22/h5-17,21,29,34,36-37H,18-20H2,1-4H3. The van der Waals surface area contributed by atoms with Gasteiger partial charge in [-0.1, -0.05) is 54.6 Å². The lowest BCUT2D eigenvalue weighted by Crippen LogP contribution is -2.52. The highest BCUT2D eigenvalue weighted by molar-refractivity contribution is 6.28. The first-order valence-electron chi connectivity index (χ1n) is 15.0. The van der Waals surface area contributed by atoms with Crippen molar-refractivity contribution in [1.29, 1.82) is 0 Å². The molecule has 224 valence electrons. The van der Waals surface area contributed by atoms with Crippen LogP contribution in [0.2, 0.25) is 0 Å². The van der Waals surface area contributed by atoms with Crippen molar-refractivity contribution >= 4 is 55.8 Å². The molecule has 1 amide bonds. The number of carbonyl (C=O) groups excluding carboxylic acids is 2. The number of hydrogen-bond acceptors (Lipinski definition) is 5. The molecule has 0 saturated carbocycles. The number of nitrogens with one attached hydrogen (secondary N) is 1. The van der Waals surface area contributed by atoms with Crippen LogP contribution in [0.1, 0.15) is 38.9 Å². The van der Waals surface area contributed by atoms with E-state index in [1.165, 1.54) is 0 Å². The van der Waals surface area contributed by atoms with Crippen LogP contribution >= 0.6 is 0 Å². The highest BCUT2D eigenvalue weighted by Gasteiger charge is 2.41. The Morgan fingerprint density at radius 3 is 2.32 bits per heavy atom. The van der Waals surface area contributed by atoms with Gasteiger partial charge < -0.3 is 28.8 Å². The molecule has 1 aliphatic heterocycles. The third-order valence-corrected chi connectivity index (χ3v) is 9.34. The second kappa shape index (κ2) is 11.2. The highest BCUT2D eigenvalue weighted by atomic mass is 16.5. The molecule has 3 unspecified atom stereocenters. The fourth-order valence-corrected chi connectivity index (χ4v) is 7.39. The number of methoxy groups -OCH3 is 1. The third kappa shape index (κ3) is 4.09. The number of rotatable bonds is 7. The van der Waals surface area contributed by atoms with E-state index in [0.717, 1.165) is 55.5 Å². The summed E-state index contributed by atoms with van der Waals surface area (Å²) in [5.74, 6) is -0.0523. The van der Waals surface area contributed by atoms with Gasteiger partial charge >= 0.3 is 0 Å². The Morgan fingerprint density at radius 1 is 0.977 bits per heavy atom. The van der Waals surface area contributed by atoms with Crippen molar-refractivity contribution in [3.63, 3.8) is 0 Å². The van der Waals surface area contributed by atoms with Crippen molar-refractivity contribution in [2.24, 2.45) is 7.05 Å². The maximum atomic E-state index is 13.6. The summed E-state index contributed by atoms with van der Waals surface area (Å²) in [4.78, 5) is 28.3. The van der Waals surface area contributed by atoms with Gasteiger partial charge in [0, 0.05) is 65.9 Å². The molecule has 1 saturated heterocycles. The van der Waals surface area contributed by atoms with E-state index in [0.29, 0.717) is 30.7 Å². The van der Waals surface area contributed by atoms with Crippen LogP contribution in [0.25, 0.3) is 43.6 Å². The zero-order valence-corrected chi connectivity index (χ0v) is 25.4. The Labute approximate surface area is 255 Å². The Hall–Kier alpha value is -4.50. The monoisotopic (exact) mass is 588 g/mol. The Morgan fingerprint density at radius 2 is 1.64 bits per heavy atom. The lowest BCUT2D eigenvalue weighted by Gasteiger charge is -2.42.